The molecule has 0 aliphatic heterocycles. The Bertz CT molecular complexity index is 128. The molecule has 144 valence electrons. The summed E-state index contributed by atoms with van der Waals surface area (Å²) in [4.78, 5) is 0. The Balaban J connectivity index is -0.000000128. The van der Waals surface area contributed by atoms with Crippen LogP contribution in [0, 0.1) is 0 Å². The molecule has 0 radical (unpaired) electrons. The van der Waals surface area contributed by atoms with Gasteiger partial charge in [-0.1, -0.05) is 90.4 Å². The maximum Gasteiger partial charge on any atom is -0.00773 e. The molecule has 0 unspecified atom stereocenters. The lowest BCUT2D eigenvalue weighted by Crippen LogP contribution is -1.97. The third-order valence-corrected chi connectivity index (χ3v) is 3.56. The van der Waals surface area contributed by atoms with E-state index in [2.05, 4.69) is 6.92 Å². The fourth-order valence-electron chi connectivity index (χ4n) is 2.34. The Morgan fingerprint density at radius 3 is 0.909 bits per heavy atom. The van der Waals surface area contributed by atoms with Gasteiger partial charge in [-0.3, -0.25) is 0 Å². The summed E-state index contributed by atoms with van der Waals surface area (Å²) in [5, 5.41) is 0. The molecule has 0 saturated carbocycles. The SMILES string of the molecule is CCCCCCCCCCCCCCCCN.Cl.Cl.Cl.N.N. The number of halogens is 3. The average molecular weight is 385 g/mol. The van der Waals surface area contributed by atoms with Crippen molar-refractivity contribution in [3.63, 3.8) is 0 Å². The Morgan fingerprint density at radius 1 is 0.455 bits per heavy atom. The zero-order valence-electron chi connectivity index (χ0n) is 14.8. The predicted molar refractivity (Wildman–Crippen MR) is 111 cm³/mol. The van der Waals surface area contributed by atoms with Crippen LogP contribution in [0.25, 0.3) is 0 Å². The topological polar surface area (TPSA) is 96.0 Å². The fourth-order valence-corrected chi connectivity index (χ4v) is 2.34. The highest BCUT2D eigenvalue weighted by atomic mass is 35.5. The van der Waals surface area contributed by atoms with Gasteiger partial charge in [0, 0.05) is 0 Å². The van der Waals surface area contributed by atoms with Crippen molar-refractivity contribution in [2.75, 3.05) is 6.54 Å². The van der Waals surface area contributed by atoms with Crippen molar-refractivity contribution in [1.29, 1.82) is 0 Å². The molecule has 0 heterocycles. The lowest BCUT2D eigenvalue weighted by molar-refractivity contribution is 0.536. The Hall–Kier alpha value is 0.750. The van der Waals surface area contributed by atoms with Gasteiger partial charge in [0.05, 0.1) is 0 Å². The Labute approximate surface area is 158 Å². The van der Waals surface area contributed by atoms with E-state index < -0.39 is 0 Å². The molecule has 0 saturated heterocycles. The minimum absolute atomic E-state index is 0. The van der Waals surface area contributed by atoms with E-state index >= 15 is 0 Å². The number of nitrogens with two attached hydrogens (primary N) is 1. The van der Waals surface area contributed by atoms with Gasteiger partial charge in [0.1, 0.15) is 0 Å². The summed E-state index contributed by atoms with van der Waals surface area (Å²) in [5.74, 6) is 0. The lowest BCUT2D eigenvalue weighted by atomic mass is 10.0. The second kappa shape index (κ2) is 37.8. The summed E-state index contributed by atoms with van der Waals surface area (Å²) in [6.07, 6.45) is 19.9. The zero-order chi connectivity index (χ0) is 12.6. The first kappa shape index (κ1) is 38.4. The van der Waals surface area contributed by atoms with Crippen LogP contribution in [-0.2, 0) is 0 Å². The molecule has 0 aliphatic rings. The number of unbranched alkanes of at least 4 members (excludes halogenated alkanes) is 13. The molecule has 22 heavy (non-hydrogen) atoms. The third kappa shape index (κ3) is 37.2. The molecule has 0 atom stereocenters. The van der Waals surface area contributed by atoms with Crippen molar-refractivity contribution in [1.82, 2.24) is 12.3 Å². The van der Waals surface area contributed by atoms with Gasteiger partial charge in [0.15, 0.2) is 0 Å². The molecule has 0 aliphatic carbocycles. The van der Waals surface area contributed by atoms with E-state index in [1.165, 1.54) is 89.9 Å². The van der Waals surface area contributed by atoms with Gasteiger partial charge in [-0.05, 0) is 13.0 Å². The highest BCUT2D eigenvalue weighted by Gasteiger charge is 1.93. The van der Waals surface area contributed by atoms with E-state index in [0.29, 0.717) is 0 Å². The highest BCUT2D eigenvalue weighted by molar-refractivity contribution is 5.86. The maximum absolute atomic E-state index is 5.47. The van der Waals surface area contributed by atoms with E-state index in [4.69, 9.17) is 5.73 Å². The summed E-state index contributed by atoms with van der Waals surface area (Å²) in [7, 11) is 0. The molecular formula is C16H44Cl3N3. The summed E-state index contributed by atoms with van der Waals surface area (Å²) in [6.45, 7) is 3.16. The minimum atomic E-state index is 0. The van der Waals surface area contributed by atoms with E-state index in [1.807, 2.05) is 0 Å². The minimum Gasteiger partial charge on any atom is -0.344 e. The van der Waals surface area contributed by atoms with Crippen LogP contribution in [0.2, 0.25) is 0 Å². The van der Waals surface area contributed by atoms with Gasteiger partial charge in [-0.2, -0.15) is 0 Å². The van der Waals surface area contributed by atoms with Crippen LogP contribution in [-0.4, -0.2) is 6.54 Å². The molecule has 3 nitrogen and oxygen atoms in total. The third-order valence-electron chi connectivity index (χ3n) is 3.56. The van der Waals surface area contributed by atoms with Gasteiger partial charge in [-0.25, -0.2) is 0 Å². The van der Waals surface area contributed by atoms with Crippen molar-refractivity contribution in [3.8, 4) is 0 Å². The second-order valence-corrected chi connectivity index (χ2v) is 5.38. The molecule has 0 aromatic rings. The maximum atomic E-state index is 5.47. The standard InChI is InChI=1S/C16H35N.3ClH.2H3N/c1-2-3-4-5-6-7-8-9-10-11-12-13-14-15-16-17;;;;;/h2-17H2,1H3;3*1H;2*1H3. The van der Waals surface area contributed by atoms with Gasteiger partial charge >= 0.3 is 0 Å². The summed E-state index contributed by atoms with van der Waals surface area (Å²) >= 11 is 0. The summed E-state index contributed by atoms with van der Waals surface area (Å²) in [5.41, 5.74) is 5.47. The van der Waals surface area contributed by atoms with Crippen LogP contribution in [0.4, 0.5) is 0 Å². The molecule has 0 spiro atoms. The summed E-state index contributed by atoms with van der Waals surface area (Å²) in [6, 6.07) is 0. The molecule has 0 fully saturated rings. The first-order valence-electron chi connectivity index (χ1n) is 8.12. The fraction of sp³-hybridized carbons (Fsp3) is 1.00. The normalized spacial score (nSPS) is 8.45. The van der Waals surface area contributed by atoms with Crippen molar-refractivity contribution < 1.29 is 0 Å². The van der Waals surface area contributed by atoms with E-state index in [1.54, 1.807) is 0 Å². The largest absolute Gasteiger partial charge is 0.344 e. The molecule has 8 N–H and O–H groups in total. The summed E-state index contributed by atoms with van der Waals surface area (Å²) < 4.78 is 0. The van der Waals surface area contributed by atoms with E-state index in [0.717, 1.165) is 6.54 Å². The molecule has 0 rings (SSSR count). The smallest absolute Gasteiger partial charge is 0.00773 e. The van der Waals surface area contributed by atoms with Crippen molar-refractivity contribution in [2.45, 2.75) is 96.8 Å². The zero-order valence-corrected chi connectivity index (χ0v) is 17.3. The van der Waals surface area contributed by atoms with Gasteiger partial charge < -0.3 is 18.0 Å². The first-order valence-corrected chi connectivity index (χ1v) is 8.12. The average Bonchev–Trinajstić information content (AvgIpc) is 2.35. The Kier molecular flexibility index (Phi) is 65.8. The molecule has 6 heteroatoms. The second-order valence-electron chi connectivity index (χ2n) is 5.38. The van der Waals surface area contributed by atoms with E-state index in [9.17, 15) is 0 Å². The molecule has 0 amide bonds. The number of hydrogen-bond donors (Lipinski definition) is 3. The predicted octanol–water partition coefficient (Wildman–Crippen LogP) is 7.02. The molecule has 0 aromatic heterocycles. The Morgan fingerprint density at radius 2 is 0.682 bits per heavy atom. The van der Waals surface area contributed by atoms with Crippen LogP contribution in [0.1, 0.15) is 96.8 Å². The molecule has 0 bridgehead atoms. The lowest BCUT2D eigenvalue weighted by Gasteiger charge is -2.02. The molecular weight excluding hydrogens is 341 g/mol. The van der Waals surface area contributed by atoms with Crippen LogP contribution >= 0.6 is 37.2 Å². The van der Waals surface area contributed by atoms with Crippen LogP contribution in [0.5, 0.6) is 0 Å². The van der Waals surface area contributed by atoms with Gasteiger partial charge in [0.2, 0.25) is 0 Å². The van der Waals surface area contributed by atoms with E-state index in [-0.39, 0.29) is 49.5 Å². The van der Waals surface area contributed by atoms with Crippen molar-refractivity contribution >= 4 is 37.2 Å². The van der Waals surface area contributed by atoms with Gasteiger partial charge in [0.25, 0.3) is 0 Å². The quantitative estimate of drug-likeness (QED) is 0.281. The highest BCUT2D eigenvalue weighted by Crippen LogP contribution is 2.12. The number of rotatable bonds is 14. The van der Waals surface area contributed by atoms with Crippen LogP contribution < -0.4 is 18.0 Å². The van der Waals surface area contributed by atoms with Crippen LogP contribution in [0.3, 0.4) is 0 Å². The number of hydrogen-bond acceptors (Lipinski definition) is 3. The van der Waals surface area contributed by atoms with Crippen molar-refractivity contribution in [2.24, 2.45) is 5.73 Å². The van der Waals surface area contributed by atoms with Crippen molar-refractivity contribution in [3.05, 3.63) is 0 Å². The monoisotopic (exact) mass is 383 g/mol. The van der Waals surface area contributed by atoms with Crippen LogP contribution in [0.15, 0.2) is 0 Å². The first-order chi connectivity index (χ1) is 8.41. The van der Waals surface area contributed by atoms with Gasteiger partial charge in [-0.15, -0.1) is 37.2 Å². The molecule has 0 aromatic carbocycles.